The number of nitrogens with one attached hydrogen (secondary N) is 2. The molecule has 200 valence electrons. The van der Waals surface area contributed by atoms with Gasteiger partial charge in [0.25, 0.3) is 0 Å². The van der Waals surface area contributed by atoms with E-state index in [-0.39, 0.29) is 30.2 Å². The van der Waals surface area contributed by atoms with Crippen LogP contribution in [-0.2, 0) is 9.47 Å². The summed E-state index contributed by atoms with van der Waals surface area (Å²) < 4.78 is 52.0. The number of esters is 1. The predicted octanol–water partition coefficient (Wildman–Crippen LogP) is 5.67. The molecule has 2 amide bonds. The number of pyridine rings is 2. The third-order valence-electron chi connectivity index (χ3n) is 5.89. The molecule has 2 N–H and O–H groups in total. The molecule has 8 nitrogen and oxygen atoms in total. The largest absolute Gasteiger partial charge is 0.462 e. The Hall–Kier alpha value is -3.12. The van der Waals surface area contributed by atoms with Crippen molar-refractivity contribution in [1.29, 1.82) is 0 Å². The molecule has 0 saturated heterocycles. The van der Waals surface area contributed by atoms with Crippen molar-refractivity contribution >= 4 is 34.5 Å². The van der Waals surface area contributed by atoms with Gasteiger partial charge in [-0.2, -0.15) is 13.2 Å². The zero-order valence-electron chi connectivity index (χ0n) is 21.0. The Bertz CT molecular complexity index is 1190. The molecule has 0 spiro atoms. The first-order valence-corrected chi connectivity index (χ1v) is 12.7. The Balaban J connectivity index is 2.17. The number of halogens is 3. The molecule has 0 aromatic carbocycles. The molecular formula is C25H29F3N4O4S. The van der Waals surface area contributed by atoms with Gasteiger partial charge >= 0.3 is 18.2 Å². The summed E-state index contributed by atoms with van der Waals surface area (Å²) in [5.41, 5.74) is 0.129. The van der Waals surface area contributed by atoms with Crippen LogP contribution >= 0.6 is 11.8 Å². The number of carbonyl (C=O) groups is 2. The normalized spacial score (nSPS) is 17.9. The number of urea groups is 1. The minimum atomic E-state index is -4.55. The van der Waals surface area contributed by atoms with Crippen molar-refractivity contribution in [2.24, 2.45) is 0 Å². The Morgan fingerprint density at radius 3 is 2.51 bits per heavy atom. The van der Waals surface area contributed by atoms with Gasteiger partial charge in [0, 0.05) is 66.0 Å². The number of thioether (sulfide) groups is 1. The van der Waals surface area contributed by atoms with E-state index in [0.29, 0.717) is 40.1 Å². The molecule has 0 bridgehead atoms. The summed E-state index contributed by atoms with van der Waals surface area (Å²) in [5.74, 6) is -0.660. The van der Waals surface area contributed by atoms with E-state index in [4.69, 9.17) is 9.47 Å². The highest BCUT2D eigenvalue weighted by atomic mass is 32.2. The van der Waals surface area contributed by atoms with Crippen molar-refractivity contribution in [3.63, 3.8) is 0 Å². The second kappa shape index (κ2) is 12.0. The lowest BCUT2D eigenvalue weighted by Gasteiger charge is -2.39. The number of aromatic nitrogens is 2. The van der Waals surface area contributed by atoms with Crippen LogP contribution in [-0.4, -0.2) is 59.8 Å². The van der Waals surface area contributed by atoms with E-state index in [1.807, 2.05) is 0 Å². The van der Waals surface area contributed by atoms with Crippen LogP contribution in [0.25, 0.3) is 16.0 Å². The van der Waals surface area contributed by atoms with Crippen LogP contribution in [0.1, 0.15) is 49.5 Å². The highest BCUT2D eigenvalue weighted by Crippen LogP contribution is 2.51. The van der Waals surface area contributed by atoms with Gasteiger partial charge < -0.3 is 14.8 Å². The number of ether oxygens (including phenoxy) is 2. The summed E-state index contributed by atoms with van der Waals surface area (Å²) in [6.45, 7) is 5.85. The zero-order chi connectivity index (χ0) is 27.2. The van der Waals surface area contributed by atoms with Crippen LogP contribution in [0.3, 0.4) is 0 Å². The Morgan fingerprint density at radius 1 is 1.14 bits per heavy atom. The number of anilines is 1. The van der Waals surface area contributed by atoms with E-state index in [1.54, 1.807) is 32.9 Å². The van der Waals surface area contributed by atoms with Gasteiger partial charge in [-0.15, -0.1) is 11.8 Å². The molecule has 0 fully saturated rings. The molecule has 1 aliphatic heterocycles. The minimum absolute atomic E-state index is 0.194. The van der Waals surface area contributed by atoms with Crippen molar-refractivity contribution in [3.8, 4) is 11.1 Å². The van der Waals surface area contributed by atoms with E-state index in [9.17, 15) is 22.8 Å². The molecule has 37 heavy (non-hydrogen) atoms. The monoisotopic (exact) mass is 538 g/mol. The summed E-state index contributed by atoms with van der Waals surface area (Å²) in [4.78, 5) is 33.5. The molecule has 1 unspecified atom stereocenters. The fourth-order valence-corrected chi connectivity index (χ4v) is 5.43. The second-order valence-electron chi connectivity index (χ2n) is 8.23. The smallest absolute Gasteiger partial charge is 0.418 e. The van der Waals surface area contributed by atoms with Crippen molar-refractivity contribution in [1.82, 2.24) is 15.3 Å². The predicted molar refractivity (Wildman–Crippen MR) is 136 cm³/mol. The average molecular weight is 539 g/mol. The Kier molecular flexibility index (Phi) is 9.19. The Morgan fingerprint density at radius 2 is 1.89 bits per heavy atom. The van der Waals surface area contributed by atoms with E-state index in [0.717, 1.165) is 18.9 Å². The quantitative estimate of drug-likeness (QED) is 0.418. The van der Waals surface area contributed by atoms with Crippen LogP contribution in [0, 0.1) is 0 Å². The number of hydrogen-bond donors (Lipinski definition) is 2. The first-order valence-electron chi connectivity index (χ1n) is 11.7. The van der Waals surface area contributed by atoms with Crippen LogP contribution in [0.5, 0.6) is 0 Å². The Labute approximate surface area is 217 Å². The van der Waals surface area contributed by atoms with Crippen molar-refractivity contribution in [2.75, 3.05) is 31.3 Å². The summed E-state index contributed by atoms with van der Waals surface area (Å²) >= 11 is 1.04. The topological polar surface area (TPSA) is 102 Å². The van der Waals surface area contributed by atoms with Gasteiger partial charge in [0.1, 0.15) is 5.82 Å². The number of alkyl halides is 3. The maximum atomic E-state index is 14.0. The molecule has 0 aliphatic carbocycles. The summed E-state index contributed by atoms with van der Waals surface area (Å²) in [5, 5.41) is 5.26. The standard InChI is InChI=1S/C25H29F3N4O4S/c1-5-15-10-24(35-4,25(26,27)28)14-37-21(15)18-9-20(32-23(34)30-6-2)31-13-19(18)16-8-17(12-29-11-16)22(33)36-7-3/h8-9,11-13H,5-7,10,14H2,1-4H3,(H2,30,31,32,34). The molecule has 3 heterocycles. The van der Waals surface area contributed by atoms with Crippen LogP contribution in [0.2, 0.25) is 0 Å². The molecule has 2 aromatic rings. The third-order valence-corrected chi connectivity index (χ3v) is 7.30. The van der Waals surface area contributed by atoms with E-state index in [1.165, 1.54) is 18.6 Å². The highest BCUT2D eigenvalue weighted by molar-refractivity contribution is 8.08. The lowest BCUT2D eigenvalue weighted by Crippen LogP contribution is -2.50. The van der Waals surface area contributed by atoms with Crippen LogP contribution in [0.15, 0.2) is 36.3 Å². The molecule has 0 saturated carbocycles. The van der Waals surface area contributed by atoms with Gasteiger partial charge in [-0.05, 0) is 32.4 Å². The van der Waals surface area contributed by atoms with Gasteiger partial charge in [-0.3, -0.25) is 10.3 Å². The molecule has 3 rings (SSSR count). The number of methoxy groups -OCH3 is 1. The lowest BCUT2D eigenvalue weighted by atomic mass is 9.90. The van der Waals surface area contributed by atoms with E-state index in [2.05, 4.69) is 20.6 Å². The molecular weight excluding hydrogens is 509 g/mol. The SMILES string of the molecule is CCNC(=O)Nc1cc(C2=C(CC)CC(OC)(C(F)(F)F)CS2)c(-c2cncc(C(=O)OCC)c2)cn1. The van der Waals surface area contributed by atoms with Gasteiger partial charge in [0.05, 0.1) is 12.2 Å². The summed E-state index contributed by atoms with van der Waals surface area (Å²) in [6.07, 6.45) is -0.105. The maximum Gasteiger partial charge on any atom is 0.418 e. The number of rotatable bonds is 8. The van der Waals surface area contributed by atoms with Crippen molar-refractivity contribution in [3.05, 3.63) is 47.4 Å². The maximum absolute atomic E-state index is 14.0. The highest BCUT2D eigenvalue weighted by Gasteiger charge is 2.57. The van der Waals surface area contributed by atoms with E-state index < -0.39 is 23.8 Å². The van der Waals surface area contributed by atoms with Crippen LogP contribution < -0.4 is 10.6 Å². The first-order chi connectivity index (χ1) is 17.6. The number of hydrogen-bond acceptors (Lipinski definition) is 7. The minimum Gasteiger partial charge on any atom is -0.462 e. The fourth-order valence-electron chi connectivity index (χ4n) is 3.93. The average Bonchev–Trinajstić information content (AvgIpc) is 2.88. The molecule has 0 radical (unpaired) electrons. The number of carbonyl (C=O) groups excluding carboxylic acids is 2. The molecule has 2 aromatic heterocycles. The van der Waals surface area contributed by atoms with Gasteiger partial charge in [-0.25, -0.2) is 14.6 Å². The van der Waals surface area contributed by atoms with E-state index >= 15 is 0 Å². The molecule has 1 aliphatic rings. The van der Waals surface area contributed by atoms with Gasteiger partial charge in [0.2, 0.25) is 0 Å². The zero-order valence-corrected chi connectivity index (χ0v) is 21.8. The third kappa shape index (κ3) is 6.24. The van der Waals surface area contributed by atoms with Gasteiger partial charge in [0.15, 0.2) is 5.60 Å². The van der Waals surface area contributed by atoms with Crippen molar-refractivity contribution in [2.45, 2.75) is 45.4 Å². The first kappa shape index (κ1) is 28.5. The summed E-state index contributed by atoms with van der Waals surface area (Å²) in [6, 6.07) is 2.75. The van der Waals surface area contributed by atoms with Crippen molar-refractivity contribution < 1.29 is 32.2 Å². The van der Waals surface area contributed by atoms with Gasteiger partial charge in [-0.1, -0.05) is 12.5 Å². The van der Waals surface area contributed by atoms with Crippen LogP contribution in [0.4, 0.5) is 23.8 Å². The number of nitrogens with zero attached hydrogens (tertiary/aromatic N) is 2. The molecule has 1 atom stereocenters. The molecule has 12 heteroatoms. The second-order valence-corrected chi connectivity index (χ2v) is 9.22. The lowest BCUT2D eigenvalue weighted by molar-refractivity contribution is -0.260. The fraction of sp³-hybridized carbons (Fsp3) is 0.440. The summed E-state index contributed by atoms with van der Waals surface area (Å²) in [7, 11) is 1.07. The number of amides is 2.